The highest BCUT2D eigenvalue weighted by molar-refractivity contribution is 5.93. The van der Waals surface area contributed by atoms with Gasteiger partial charge in [0.1, 0.15) is 5.52 Å². The summed E-state index contributed by atoms with van der Waals surface area (Å²) in [5.41, 5.74) is 2.16. The SMILES string of the molecule is COC(=O)c1ccc2oc(-c3cc(OC)c(OC)c(OC)c3)nc2c1. The Bertz CT molecular complexity index is 905. The number of carbonyl (C=O) groups is 1. The van der Waals surface area contributed by atoms with Crippen LogP contribution in [0.25, 0.3) is 22.6 Å². The third-order valence-electron chi connectivity index (χ3n) is 3.72. The smallest absolute Gasteiger partial charge is 0.337 e. The lowest BCUT2D eigenvalue weighted by molar-refractivity contribution is 0.0601. The lowest BCUT2D eigenvalue weighted by Gasteiger charge is -2.12. The zero-order valence-corrected chi connectivity index (χ0v) is 14.3. The summed E-state index contributed by atoms with van der Waals surface area (Å²) in [4.78, 5) is 16.1. The highest BCUT2D eigenvalue weighted by atomic mass is 16.5. The van der Waals surface area contributed by atoms with Crippen molar-refractivity contribution in [3.8, 4) is 28.7 Å². The number of aromatic nitrogens is 1. The number of oxazole rings is 1. The molecule has 25 heavy (non-hydrogen) atoms. The number of benzene rings is 2. The van der Waals surface area contributed by atoms with Crippen molar-refractivity contribution in [1.29, 1.82) is 0 Å². The van der Waals surface area contributed by atoms with E-state index in [9.17, 15) is 4.79 Å². The second-order valence-electron chi connectivity index (χ2n) is 5.11. The zero-order valence-electron chi connectivity index (χ0n) is 14.3. The van der Waals surface area contributed by atoms with Gasteiger partial charge in [0, 0.05) is 5.56 Å². The molecule has 1 aromatic heterocycles. The fraction of sp³-hybridized carbons (Fsp3) is 0.222. The molecule has 0 amide bonds. The molecular formula is C18H17NO6. The van der Waals surface area contributed by atoms with Gasteiger partial charge in [-0.1, -0.05) is 0 Å². The standard InChI is InChI=1S/C18H17NO6/c1-21-14-8-11(9-15(22-2)16(14)23-3)17-19-12-7-10(18(20)24-4)5-6-13(12)25-17/h5-9H,1-4H3. The predicted molar refractivity (Wildman–Crippen MR) is 90.4 cm³/mol. The van der Waals surface area contributed by atoms with E-state index in [-0.39, 0.29) is 0 Å². The summed E-state index contributed by atoms with van der Waals surface area (Å²) in [6.45, 7) is 0. The van der Waals surface area contributed by atoms with Crippen LogP contribution in [0.3, 0.4) is 0 Å². The Kier molecular flexibility index (Phi) is 4.47. The molecule has 0 radical (unpaired) electrons. The van der Waals surface area contributed by atoms with Crippen LogP contribution >= 0.6 is 0 Å². The van der Waals surface area contributed by atoms with Gasteiger partial charge in [0.15, 0.2) is 17.1 Å². The predicted octanol–water partition coefficient (Wildman–Crippen LogP) is 3.31. The van der Waals surface area contributed by atoms with E-state index in [1.807, 2.05) is 0 Å². The molecule has 0 unspecified atom stereocenters. The lowest BCUT2D eigenvalue weighted by Crippen LogP contribution is -2.00. The molecule has 3 aromatic rings. The van der Waals surface area contributed by atoms with Crippen molar-refractivity contribution >= 4 is 17.1 Å². The van der Waals surface area contributed by atoms with Gasteiger partial charge in [-0.3, -0.25) is 0 Å². The molecule has 2 aromatic carbocycles. The number of rotatable bonds is 5. The summed E-state index contributed by atoms with van der Waals surface area (Å²) in [6, 6.07) is 8.40. The molecule has 0 aliphatic rings. The third kappa shape index (κ3) is 2.96. The van der Waals surface area contributed by atoms with Gasteiger partial charge in [-0.25, -0.2) is 9.78 Å². The van der Waals surface area contributed by atoms with Crippen molar-refractivity contribution < 1.29 is 28.2 Å². The molecule has 130 valence electrons. The van der Waals surface area contributed by atoms with Gasteiger partial charge in [-0.2, -0.15) is 0 Å². The molecule has 0 spiro atoms. The van der Waals surface area contributed by atoms with Crippen LogP contribution in [0, 0.1) is 0 Å². The second kappa shape index (κ2) is 6.72. The molecule has 1 heterocycles. The number of hydrogen-bond donors (Lipinski definition) is 0. The van der Waals surface area contributed by atoms with Crippen LogP contribution in [0.15, 0.2) is 34.7 Å². The Morgan fingerprint density at radius 1 is 0.960 bits per heavy atom. The number of fused-ring (bicyclic) bond motifs is 1. The molecule has 7 nitrogen and oxygen atoms in total. The van der Waals surface area contributed by atoms with Gasteiger partial charge in [0.05, 0.1) is 34.0 Å². The fourth-order valence-electron chi connectivity index (χ4n) is 2.50. The summed E-state index contributed by atoms with van der Waals surface area (Å²) < 4.78 is 26.5. The van der Waals surface area contributed by atoms with E-state index in [1.54, 1.807) is 30.3 Å². The van der Waals surface area contributed by atoms with Gasteiger partial charge >= 0.3 is 5.97 Å². The molecule has 7 heteroatoms. The number of carbonyl (C=O) groups excluding carboxylic acids is 1. The minimum Gasteiger partial charge on any atom is -0.493 e. The maximum atomic E-state index is 11.6. The molecule has 0 aliphatic carbocycles. The second-order valence-corrected chi connectivity index (χ2v) is 5.11. The Hall–Kier alpha value is -3.22. The number of ether oxygens (including phenoxy) is 4. The minimum absolute atomic E-state index is 0.372. The Labute approximate surface area is 144 Å². The molecule has 0 N–H and O–H groups in total. The molecule has 0 saturated heterocycles. The first-order chi connectivity index (χ1) is 12.1. The highest BCUT2D eigenvalue weighted by Crippen LogP contribution is 2.41. The molecule has 0 atom stereocenters. The van der Waals surface area contributed by atoms with E-state index < -0.39 is 5.97 Å². The van der Waals surface area contributed by atoms with E-state index >= 15 is 0 Å². The van der Waals surface area contributed by atoms with Crippen LogP contribution in [0.4, 0.5) is 0 Å². The molecule has 0 bridgehead atoms. The van der Waals surface area contributed by atoms with E-state index in [0.717, 1.165) is 0 Å². The largest absolute Gasteiger partial charge is 0.493 e. The maximum absolute atomic E-state index is 11.6. The van der Waals surface area contributed by atoms with E-state index in [2.05, 4.69) is 4.98 Å². The average molecular weight is 343 g/mol. The number of esters is 1. The lowest BCUT2D eigenvalue weighted by atomic mass is 10.2. The van der Waals surface area contributed by atoms with Crippen molar-refractivity contribution in [3.05, 3.63) is 35.9 Å². The van der Waals surface area contributed by atoms with E-state index in [0.29, 0.717) is 45.4 Å². The first kappa shape index (κ1) is 16.6. The van der Waals surface area contributed by atoms with E-state index in [4.69, 9.17) is 23.4 Å². The van der Waals surface area contributed by atoms with Crippen molar-refractivity contribution in [2.45, 2.75) is 0 Å². The van der Waals surface area contributed by atoms with Crippen LogP contribution in [-0.2, 0) is 4.74 Å². The Morgan fingerprint density at radius 2 is 1.64 bits per heavy atom. The highest BCUT2D eigenvalue weighted by Gasteiger charge is 2.18. The van der Waals surface area contributed by atoms with E-state index in [1.165, 1.54) is 28.4 Å². The molecule has 3 rings (SSSR count). The van der Waals surface area contributed by atoms with Crippen molar-refractivity contribution in [2.24, 2.45) is 0 Å². The monoisotopic (exact) mass is 343 g/mol. The number of nitrogens with zero attached hydrogens (tertiary/aromatic N) is 1. The Balaban J connectivity index is 2.11. The third-order valence-corrected chi connectivity index (χ3v) is 3.72. The normalized spacial score (nSPS) is 10.6. The molecule has 0 fully saturated rings. The summed E-state index contributed by atoms with van der Waals surface area (Å²) in [5, 5.41) is 0. The zero-order chi connectivity index (χ0) is 18.0. The number of hydrogen-bond acceptors (Lipinski definition) is 7. The Morgan fingerprint density at radius 3 is 2.20 bits per heavy atom. The number of methoxy groups -OCH3 is 4. The average Bonchev–Trinajstić information content (AvgIpc) is 3.09. The van der Waals surface area contributed by atoms with Crippen LogP contribution in [-0.4, -0.2) is 39.4 Å². The van der Waals surface area contributed by atoms with Gasteiger partial charge < -0.3 is 23.4 Å². The summed E-state index contributed by atoms with van der Waals surface area (Å²) in [7, 11) is 5.94. The summed E-state index contributed by atoms with van der Waals surface area (Å²) in [6.07, 6.45) is 0. The fourth-order valence-corrected chi connectivity index (χ4v) is 2.50. The van der Waals surface area contributed by atoms with Crippen molar-refractivity contribution in [1.82, 2.24) is 4.98 Å². The maximum Gasteiger partial charge on any atom is 0.337 e. The first-order valence-electron chi connectivity index (χ1n) is 7.40. The van der Waals surface area contributed by atoms with Crippen molar-refractivity contribution in [3.63, 3.8) is 0 Å². The summed E-state index contributed by atoms with van der Waals surface area (Å²) >= 11 is 0. The molecular weight excluding hydrogens is 326 g/mol. The quantitative estimate of drug-likeness (QED) is 0.657. The van der Waals surface area contributed by atoms with Crippen LogP contribution < -0.4 is 14.2 Å². The minimum atomic E-state index is -0.431. The first-order valence-corrected chi connectivity index (χ1v) is 7.40. The topological polar surface area (TPSA) is 80.0 Å². The van der Waals surface area contributed by atoms with Crippen LogP contribution in [0.1, 0.15) is 10.4 Å². The van der Waals surface area contributed by atoms with Gasteiger partial charge in [0.25, 0.3) is 0 Å². The van der Waals surface area contributed by atoms with Crippen molar-refractivity contribution in [2.75, 3.05) is 28.4 Å². The van der Waals surface area contributed by atoms with Gasteiger partial charge in [-0.05, 0) is 30.3 Å². The molecule has 0 saturated carbocycles. The summed E-state index contributed by atoms with van der Waals surface area (Å²) in [5.74, 6) is 1.41. The van der Waals surface area contributed by atoms with Crippen LogP contribution in [0.2, 0.25) is 0 Å². The van der Waals surface area contributed by atoms with Gasteiger partial charge in [0.2, 0.25) is 11.6 Å². The molecule has 0 aliphatic heterocycles. The van der Waals surface area contributed by atoms with Gasteiger partial charge in [-0.15, -0.1) is 0 Å². The van der Waals surface area contributed by atoms with Crippen LogP contribution in [0.5, 0.6) is 17.2 Å².